The Morgan fingerprint density at radius 2 is 1.62 bits per heavy atom. The molecule has 6 atom stereocenters. The lowest BCUT2D eigenvalue weighted by atomic mass is 9.95. The summed E-state index contributed by atoms with van der Waals surface area (Å²) in [6.07, 6.45) is -6.09. The number of phenolic OH excluding ortho intramolecular Hbond substituents is 3. The van der Waals surface area contributed by atoms with E-state index in [1.54, 1.807) is 24.3 Å². The van der Waals surface area contributed by atoms with Crippen molar-refractivity contribution in [3.05, 3.63) is 83.4 Å². The Hall–Kier alpha value is -4.62. The molecule has 0 radical (unpaired) electrons. The number of aliphatic hydroxyl groups excluding tert-OH is 3. The maximum absolute atomic E-state index is 12.8. The Labute approximate surface area is 239 Å². The third-order valence-corrected chi connectivity index (χ3v) is 6.87. The monoisotopic (exact) mass is 580 g/mol. The SMILES string of the molecule is O=C(/C=C/c1ccc(O)cc1)O[C@@H]1[C@@H](O)[C@H](Oc2cc(O)c3c(c2)O[C@@H](c2ccc(O)cc2)CC3=O)O[C@H](CO)[C@H]1O. The number of benzene rings is 3. The van der Waals surface area contributed by atoms with Gasteiger partial charge in [0, 0.05) is 18.2 Å². The Bertz CT molecular complexity index is 1470. The Morgan fingerprint density at radius 3 is 2.29 bits per heavy atom. The van der Waals surface area contributed by atoms with Crippen LogP contribution < -0.4 is 9.47 Å². The van der Waals surface area contributed by atoms with Crippen molar-refractivity contribution in [3.63, 3.8) is 0 Å². The zero-order valence-electron chi connectivity index (χ0n) is 21.9. The highest BCUT2D eigenvalue weighted by molar-refractivity contribution is 6.02. The number of ether oxygens (including phenoxy) is 4. The van der Waals surface area contributed by atoms with Crippen molar-refractivity contribution in [1.82, 2.24) is 0 Å². The average Bonchev–Trinajstić information content (AvgIpc) is 2.96. The fourth-order valence-electron chi connectivity index (χ4n) is 4.70. The molecular weight excluding hydrogens is 552 g/mol. The molecule has 12 nitrogen and oxygen atoms in total. The number of carbonyl (C=O) groups is 2. The zero-order chi connectivity index (χ0) is 30.0. The minimum Gasteiger partial charge on any atom is -0.508 e. The van der Waals surface area contributed by atoms with Gasteiger partial charge < -0.3 is 49.6 Å². The first-order valence-electron chi connectivity index (χ1n) is 13.0. The van der Waals surface area contributed by atoms with Crippen molar-refractivity contribution in [1.29, 1.82) is 0 Å². The van der Waals surface area contributed by atoms with E-state index in [4.69, 9.17) is 18.9 Å². The van der Waals surface area contributed by atoms with Crippen molar-refractivity contribution in [2.75, 3.05) is 6.61 Å². The molecule has 0 spiro atoms. The number of ketones is 1. The number of fused-ring (bicyclic) bond motifs is 1. The van der Waals surface area contributed by atoms with Crippen molar-refractivity contribution >= 4 is 17.8 Å². The molecule has 0 aromatic heterocycles. The summed E-state index contributed by atoms with van der Waals surface area (Å²) in [6, 6.07) is 14.5. The number of carbonyl (C=O) groups excluding carboxylic acids is 2. The minimum atomic E-state index is -1.74. The number of aromatic hydroxyl groups is 3. The summed E-state index contributed by atoms with van der Waals surface area (Å²) in [5.74, 6) is -1.73. The van der Waals surface area contributed by atoms with E-state index in [2.05, 4.69) is 0 Å². The minimum absolute atomic E-state index is 0.00529. The topological polar surface area (TPSA) is 192 Å². The molecule has 0 bridgehead atoms. The number of hydrogen-bond acceptors (Lipinski definition) is 12. The second kappa shape index (κ2) is 12.1. The van der Waals surface area contributed by atoms with Crippen LogP contribution in [0.25, 0.3) is 6.08 Å². The maximum atomic E-state index is 12.8. The van der Waals surface area contributed by atoms with E-state index in [0.29, 0.717) is 11.1 Å². The van der Waals surface area contributed by atoms with Gasteiger partial charge in [-0.05, 0) is 41.5 Å². The number of hydrogen-bond donors (Lipinski definition) is 6. The molecule has 0 amide bonds. The van der Waals surface area contributed by atoms with E-state index in [1.807, 2.05) is 0 Å². The lowest BCUT2D eigenvalue weighted by molar-refractivity contribution is -0.280. The second-order valence-electron chi connectivity index (χ2n) is 9.79. The zero-order valence-corrected chi connectivity index (χ0v) is 21.9. The highest BCUT2D eigenvalue weighted by Gasteiger charge is 2.48. The highest BCUT2D eigenvalue weighted by atomic mass is 16.7. The van der Waals surface area contributed by atoms with Crippen molar-refractivity contribution in [2.24, 2.45) is 0 Å². The van der Waals surface area contributed by atoms with Gasteiger partial charge in [-0.3, -0.25) is 4.79 Å². The van der Waals surface area contributed by atoms with Crippen LogP contribution in [-0.4, -0.2) is 79.7 Å². The molecule has 3 aromatic carbocycles. The van der Waals surface area contributed by atoms with Gasteiger partial charge in [0.05, 0.1) is 13.0 Å². The molecule has 2 heterocycles. The molecular formula is C30H28O12. The van der Waals surface area contributed by atoms with E-state index in [9.17, 15) is 40.2 Å². The van der Waals surface area contributed by atoms with Crippen molar-refractivity contribution < 1.29 is 59.2 Å². The predicted octanol–water partition coefficient (Wildman–Crippen LogP) is 1.95. The highest BCUT2D eigenvalue weighted by Crippen LogP contribution is 2.42. The number of Topliss-reactive ketones (excluding diaryl/α,β-unsaturated/α-hetero) is 1. The molecule has 5 rings (SSSR count). The third kappa shape index (κ3) is 6.16. The van der Waals surface area contributed by atoms with Gasteiger partial charge in [-0.15, -0.1) is 0 Å². The van der Waals surface area contributed by atoms with Crippen molar-refractivity contribution in [2.45, 2.75) is 43.2 Å². The molecule has 220 valence electrons. The molecule has 2 aliphatic heterocycles. The Balaban J connectivity index is 1.33. The lowest BCUT2D eigenvalue weighted by Gasteiger charge is -2.41. The van der Waals surface area contributed by atoms with Gasteiger partial charge >= 0.3 is 5.97 Å². The third-order valence-electron chi connectivity index (χ3n) is 6.87. The molecule has 1 fully saturated rings. The number of rotatable bonds is 7. The van der Waals surface area contributed by atoms with Crippen LogP contribution in [0.2, 0.25) is 0 Å². The number of aliphatic hydroxyl groups is 3. The molecule has 12 heteroatoms. The summed E-state index contributed by atoms with van der Waals surface area (Å²) in [4.78, 5) is 25.3. The van der Waals surface area contributed by atoms with Gasteiger partial charge in [-0.1, -0.05) is 24.3 Å². The van der Waals surface area contributed by atoms with E-state index in [-0.39, 0.29) is 40.8 Å². The standard InChI is InChI=1S/C30H28O12/c31-14-24-27(37)29(42-25(36)10-3-15-1-6-17(32)7-2-15)28(38)30(41-24)39-19-11-20(34)26-21(35)13-22(40-23(26)12-19)16-4-8-18(33)9-5-16/h1-12,22,24,27-34,37-38H,13-14H2/b10-3+/t22-,24-,27-,28-,29+,30-/m1/s1. The molecule has 2 aliphatic rings. The Morgan fingerprint density at radius 1 is 0.952 bits per heavy atom. The molecule has 0 unspecified atom stereocenters. The molecule has 0 saturated carbocycles. The fourth-order valence-corrected chi connectivity index (χ4v) is 4.70. The fraction of sp³-hybridized carbons (Fsp3) is 0.267. The van der Waals surface area contributed by atoms with E-state index in [0.717, 1.165) is 12.1 Å². The van der Waals surface area contributed by atoms with Gasteiger partial charge in [0.2, 0.25) is 6.29 Å². The van der Waals surface area contributed by atoms with Gasteiger partial charge in [0.1, 0.15) is 52.6 Å². The molecule has 0 aliphatic carbocycles. The van der Waals surface area contributed by atoms with Crippen LogP contribution in [0.1, 0.15) is 34.0 Å². The number of esters is 1. The Kier molecular flexibility index (Phi) is 8.31. The van der Waals surface area contributed by atoms with Gasteiger partial charge in [0.25, 0.3) is 0 Å². The smallest absolute Gasteiger partial charge is 0.331 e. The summed E-state index contributed by atoms with van der Waals surface area (Å²) in [6.45, 7) is -0.702. The van der Waals surface area contributed by atoms with E-state index in [1.165, 1.54) is 36.4 Å². The van der Waals surface area contributed by atoms with E-state index < -0.39 is 55.1 Å². The van der Waals surface area contributed by atoms with Gasteiger partial charge in [-0.2, -0.15) is 0 Å². The number of phenols is 3. The first kappa shape index (κ1) is 28.9. The van der Waals surface area contributed by atoms with Crippen LogP contribution in [-0.2, 0) is 14.3 Å². The maximum Gasteiger partial charge on any atom is 0.331 e. The van der Waals surface area contributed by atoms with Crippen molar-refractivity contribution in [3.8, 4) is 28.7 Å². The van der Waals surface area contributed by atoms with Crippen LogP contribution in [0.4, 0.5) is 0 Å². The summed E-state index contributed by atoms with van der Waals surface area (Å²) >= 11 is 0. The van der Waals surface area contributed by atoms with Crippen LogP contribution in [0.5, 0.6) is 28.7 Å². The van der Waals surface area contributed by atoms with Crippen LogP contribution in [0.15, 0.2) is 66.7 Å². The van der Waals surface area contributed by atoms with Gasteiger partial charge in [0.15, 0.2) is 18.0 Å². The first-order chi connectivity index (χ1) is 20.1. The summed E-state index contributed by atoms with van der Waals surface area (Å²) in [5.41, 5.74) is 1.14. The van der Waals surface area contributed by atoms with E-state index >= 15 is 0 Å². The molecule has 42 heavy (non-hydrogen) atoms. The average molecular weight is 581 g/mol. The largest absolute Gasteiger partial charge is 0.508 e. The quantitative estimate of drug-likeness (QED) is 0.176. The normalized spacial score (nSPS) is 25.5. The first-order valence-corrected chi connectivity index (χ1v) is 13.0. The lowest BCUT2D eigenvalue weighted by Crippen LogP contribution is -2.61. The summed E-state index contributed by atoms with van der Waals surface area (Å²) in [7, 11) is 0. The molecule has 3 aromatic rings. The second-order valence-corrected chi connectivity index (χ2v) is 9.79. The summed E-state index contributed by atoms with van der Waals surface area (Å²) in [5, 5.41) is 60.8. The van der Waals surface area contributed by atoms with Gasteiger partial charge in [-0.25, -0.2) is 4.79 Å². The van der Waals surface area contributed by atoms with Crippen LogP contribution >= 0.6 is 0 Å². The van der Waals surface area contributed by atoms with Crippen LogP contribution in [0.3, 0.4) is 0 Å². The van der Waals surface area contributed by atoms with Crippen LogP contribution in [0, 0.1) is 0 Å². The summed E-state index contributed by atoms with van der Waals surface area (Å²) < 4.78 is 22.5. The predicted molar refractivity (Wildman–Crippen MR) is 144 cm³/mol. The molecule has 6 N–H and O–H groups in total. The molecule has 1 saturated heterocycles.